The minimum atomic E-state index is -0.201. The Balaban J connectivity index is 2.19. The van der Waals surface area contributed by atoms with E-state index >= 15 is 0 Å². The lowest BCUT2D eigenvalue weighted by molar-refractivity contribution is -0.121. The fourth-order valence-electron chi connectivity index (χ4n) is 2.11. The molecule has 1 aromatic heterocycles. The van der Waals surface area contributed by atoms with Crippen molar-refractivity contribution in [2.75, 3.05) is 6.61 Å². The third-order valence-corrected chi connectivity index (χ3v) is 3.01. The fourth-order valence-corrected chi connectivity index (χ4v) is 2.11. The van der Waals surface area contributed by atoms with Crippen LogP contribution in [0.5, 0.6) is 0 Å². The molecule has 0 spiro atoms. The average molecular weight is 246 g/mol. The van der Waals surface area contributed by atoms with Crippen LogP contribution in [0.4, 0.5) is 0 Å². The summed E-state index contributed by atoms with van der Waals surface area (Å²) in [4.78, 5) is 11.8. The largest absolute Gasteiger partial charge is 0.394 e. The number of nitrogens with one attached hydrogen (secondary N) is 1. The lowest BCUT2D eigenvalue weighted by Gasteiger charge is -2.10. The first-order valence-corrected chi connectivity index (χ1v) is 6.05. The van der Waals surface area contributed by atoms with Crippen molar-refractivity contribution in [3.8, 4) is 0 Å². The van der Waals surface area contributed by atoms with Gasteiger partial charge in [0.1, 0.15) is 0 Å². The molecule has 0 aliphatic rings. The van der Waals surface area contributed by atoms with Gasteiger partial charge in [-0.15, -0.1) is 0 Å². The van der Waals surface area contributed by atoms with Crippen LogP contribution in [-0.4, -0.2) is 28.2 Å². The zero-order chi connectivity index (χ0) is 13.1. The van der Waals surface area contributed by atoms with Crippen LogP contribution in [0.1, 0.15) is 12.5 Å². The molecule has 4 heteroatoms. The molecular formula is C14H18N2O2. The molecule has 0 saturated heterocycles. The first-order valence-electron chi connectivity index (χ1n) is 6.05. The summed E-state index contributed by atoms with van der Waals surface area (Å²) in [6.45, 7) is 1.74. The lowest BCUT2D eigenvalue weighted by atomic mass is 10.1. The van der Waals surface area contributed by atoms with Crippen LogP contribution in [0.25, 0.3) is 10.9 Å². The van der Waals surface area contributed by atoms with E-state index in [9.17, 15) is 4.79 Å². The van der Waals surface area contributed by atoms with E-state index in [0.29, 0.717) is 6.42 Å². The second-order valence-electron chi connectivity index (χ2n) is 4.61. The van der Waals surface area contributed by atoms with Gasteiger partial charge in [0, 0.05) is 30.2 Å². The third kappa shape index (κ3) is 2.54. The molecule has 0 aliphatic carbocycles. The average Bonchev–Trinajstić information content (AvgIpc) is 2.67. The Kier molecular flexibility index (Phi) is 3.67. The van der Waals surface area contributed by atoms with Gasteiger partial charge in [-0.3, -0.25) is 4.79 Å². The number of aromatic nitrogens is 1. The zero-order valence-corrected chi connectivity index (χ0v) is 10.7. The number of aryl methyl sites for hydroxylation is 1. The zero-order valence-electron chi connectivity index (χ0n) is 10.7. The number of rotatable bonds is 4. The molecule has 0 radical (unpaired) electrons. The number of hydrogen-bond donors (Lipinski definition) is 2. The molecule has 0 bridgehead atoms. The first-order chi connectivity index (χ1) is 8.61. The van der Waals surface area contributed by atoms with Crippen LogP contribution in [0.3, 0.4) is 0 Å². The van der Waals surface area contributed by atoms with Crippen LogP contribution < -0.4 is 5.32 Å². The number of aliphatic hydroxyl groups excluding tert-OH is 1. The van der Waals surface area contributed by atoms with Gasteiger partial charge in [0.25, 0.3) is 0 Å². The van der Waals surface area contributed by atoms with Gasteiger partial charge in [-0.25, -0.2) is 0 Å². The second-order valence-corrected chi connectivity index (χ2v) is 4.61. The summed E-state index contributed by atoms with van der Waals surface area (Å²) in [7, 11) is 1.97. The van der Waals surface area contributed by atoms with Crippen molar-refractivity contribution in [3.05, 3.63) is 36.0 Å². The molecule has 1 heterocycles. The van der Waals surface area contributed by atoms with Gasteiger partial charge in [-0.1, -0.05) is 18.2 Å². The molecule has 1 atom stereocenters. The predicted octanol–water partition coefficient (Wildman–Crippen LogP) is 1.22. The maximum Gasteiger partial charge on any atom is 0.224 e. The first kappa shape index (κ1) is 12.6. The van der Waals surface area contributed by atoms with Crippen LogP contribution in [0.2, 0.25) is 0 Å². The monoisotopic (exact) mass is 246 g/mol. The minimum Gasteiger partial charge on any atom is -0.394 e. The number of aliphatic hydroxyl groups is 1. The Morgan fingerprint density at radius 1 is 1.44 bits per heavy atom. The van der Waals surface area contributed by atoms with Crippen molar-refractivity contribution in [1.82, 2.24) is 9.88 Å². The topological polar surface area (TPSA) is 54.3 Å². The van der Waals surface area contributed by atoms with E-state index in [4.69, 9.17) is 5.11 Å². The smallest absolute Gasteiger partial charge is 0.224 e. The summed E-state index contributed by atoms with van der Waals surface area (Å²) in [5, 5.41) is 12.8. The maximum absolute atomic E-state index is 11.8. The number of para-hydroxylation sites is 1. The van der Waals surface area contributed by atoms with E-state index in [1.54, 1.807) is 6.92 Å². The van der Waals surface area contributed by atoms with Crippen molar-refractivity contribution >= 4 is 16.8 Å². The number of amides is 1. The number of fused-ring (bicyclic) bond motifs is 1. The quantitative estimate of drug-likeness (QED) is 0.852. The Labute approximate surface area is 106 Å². The molecule has 18 heavy (non-hydrogen) atoms. The highest BCUT2D eigenvalue weighted by Gasteiger charge is 2.11. The number of carbonyl (C=O) groups excluding carboxylic acids is 1. The number of carbonyl (C=O) groups is 1. The highest BCUT2D eigenvalue weighted by molar-refractivity contribution is 5.89. The lowest BCUT2D eigenvalue weighted by Crippen LogP contribution is -2.35. The van der Waals surface area contributed by atoms with E-state index in [1.165, 1.54) is 0 Å². The molecule has 1 aromatic carbocycles. The number of benzene rings is 1. The summed E-state index contributed by atoms with van der Waals surface area (Å²) in [6.07, 6.45) is 2.32. The van der Waals surface area contributed by atoms with Gasteiger partial charge in [0.2, 0.25) is 5.91 Å². The summed E-state index contributed by atoms with van der Waals surface area (Å²) in [6, 6.07) is 7.81. The van der Waals surface area contributed by atoms with Crippen molar-refractivity contribution in [1.29, 1.82) is 0 Å². The van der Waals surface area contributed by atoms with Crippen LogP contribution in [0.15, 0.2) is 30.5 Å². The van der Waals surface area contributed by atoms with Crippen molar-refractivity contribution in [2.45, 2.75) is 19.4 Å². The van der Waals surface area contributed by atoms with Crippen LogP contribution >= 0.6 is 0 Å². The molecule has 2 aromatic rings. The van der Waals surface area contributed by atoms with Gasteiger partial charge in [-0.05, 0) is 18.6 Å². The minimum absolute atomic E-state index is 0.0404. The number of hydrogen-bond acceptors (Lipinski definition) is 2. The van der Waals surface area contributed by atoms with E-state index in [2.05, 4.69) is 5.32 Å². The highest BCUT2D eigenvalue weighted by atomic mass is 16.3. The molecule has 0 aliphatic heterocycles. The summed E-state index contributed by atoms with van der Waals surface area (Å²) >= 11 is 0. The summed E-state index contributed by atoms with van der Waals surface area (Å²) < 4.78 is 2.02. The Bertz CT molecular complexity index is 560. The normalized spacial score (nSPS) is 12.6. The van der Waals surface area contributed by atoms with Gasteiger partial charge >= 0.3 is 0 Å². The fraction of sp³-hybridized carbons (Fsp3) is 0.357. The molecular weight excluding hydrogens is 228 g/mol. The van der Waals surface area contributed by atoms with Gasteiger partial charge in [0.15, 0.2) is 0 Å². The van der Waals surface area contributed by atoms with Crippen molar-refractivity contribution in [2.24, 2.45) is 7.05 Å². The second kappa shape index (κ2) is 5.23. The highest BCUT2D eigenvalue weighted by Crippen LogP contribution is 2.20. The van der Waals surface area contributed by atoms with E-state index < -0.39 is 0 Å². The molecule has 1 amide bonds. The van der Waals surface area contributed by atoms with E-state index in [0.717, 1.165) is 16.5 Å². The molecule has 96 valence electrons. The summed E-state index contributed by atoms with van der Waals surface area (Å²) in [5.74, 6) is -0.0621. The SMILES string of the molecule is CC(CO)NC(=O)Cc1cn(C)c2ccccc12. The van der Waals surface area contributed by atoms with Crippen LogP contribution in [0, 0.1) is 0 Å². The van der Waals surface area contributed by atoms with Crippen molar-refractivity contribution in [3.63, 3.8) is 0 Å². The Morgan fingerprint density at radius 3 is 2.89 bits per heavy atom. The van der Waals surface area contributed by atoms with Gasteiger partial charge in [-0.2, -0.15) is 0 Å². The standard InChI is InChI=1S/C14H18N2O2/c1-10(9-17)15-14(18)7-11-8-16(2)13-6-4-3-5-12(11)13/h3-6,8,10,17H,7,9H2,1-2H3,(H,15,18). The van der Waals surface area contributed by atoms with Gasteiger partial charge < -0.3 is 15.0 Å². The molecule has 2 rings (SSSR count). The van der Waals surface area contributed by atoms with Gasteiger partial charge in [0.05, 0.1) is 13.0 Å². The molecule has 0 fully saturated rings. The predicted molar refractivity (Wildman–Crippen MR) is 71.3 cm³/mol. The molecule has 2 N–H and O–H groups in total. The summed E-state index contributed by atoms with van der Waals surface area (Å²) in [5.41, 5.74) is 2.13. The Morgan fingerprint density at radius 2 is 2.17 bits per heavy atom. The van der Waals surface area contributed by atoms with Crippen LogP contribution in [-0.2, 0) is 18.3 Å². The number of nitrogens with zero attached hydrogens (tertiary/aromatic N) is 1. The van der Waals surface area contributed by atoms with Crippen molar-refractivity contribution < 1.29 is 9.90 Å². The molecule has 4 nitrogen and oxygen atoms in total. The third-order valence-electron chi connectivity index (χ3n) is 3.01. The Hall–Kier alpha value is -1.81. The molecule has 1 unspecified atom stereocenters. The maximum atomic E-state index is 11.8. The van der Waals surface area contributed by atoms with E-state index in [-0.39, 0.29) is 18.6 Å². The molecule has 0 saturated carbocycles. The van der Waals surface area contributed by atoms with E-state index in [1.807, 2.05) is 42.1 Å².